The van der Waals surface area contributed by atoms with Crippen LogP contribution in [0.25, 0.3) is 0 Å². The Hall–Kier alpha value is -3.07. The average molecular weight is 621 g/mol. The summed E-state index contributed by atoms with van der Waals surface area (Å²) in [4.78, 5) is 34.1. The van der Waals surface area contributed by atoms with Crippen LogP contribution in [-0.4, -0.2) is 59.8 Å². The number of nitrogens with one attached hydrogen (secondary N) is 1. The van der Waals surface area contributed by atoms with Gasteiger partial charge in [-0.2, -0.15) is 0 Å². The predicted molar refractivity (Wildman–Crippen MR) is 171 cm³/mol. The zero-order chi connectivity index (χ0) is 29.8. The quantitative estimate of drug-likeness (QED) is 0.289. The predicted octanol–water partition coefficient (Wildman–Crippen LogP) is 7.21. The van der Waals surface area contributed by atoms with Crippen molar-refractivity contribution in [2.75, 3.05) is 37.6 Å². The summed E-state index contributed by atoms with van der Waals surface area (Å²) in [5.41, 5.74) is 3.10. The Morgan fingerprint density at radius 1 is 0.977 bits per heavy atom. The van der Waals surface area contributed by atoms with Crippen molar-refractivity contribution in [3.05, 3.63) is 94.3 Å². The normalized spacial score (nSPS) is 19.5. The van der Waals surface area contributed by atoms with Crippen molar-refractivity contribution in [3.63, 3.8) is 0 Å². The van der Waals surface area contributed by atoms with Gasteiger partial charge in [0.2, 0.25) is 0 Å². The van der Waals surface area contributed by atoms with Crippen molar-refractivity contribution in [1.82, 2.24) is 15.1 Å². The van der Waals surface area contributed by atoms with Gasteiger partial charge in [-0.1, -0.05) is 53.7 Å². The Morgan fingerprint density at radius 2 is 1.79 bits per heavy atom. The van der Waals surface area contributed by atoms with Crippen LogP contribution in [0.1, 0.15) is 53.6 Å². The molecule has 0 spiro atoms. The third-order valence-corrected chi connectivity index (χ3v) is 10.6. The number of benzene rings is 3. The number of halogens is 2. The maximum Gasteiger partial charge on any atom is 0.325 e. The summed E-state index contributed by atoms with van der Waals surface area (Å²) in [7, 11) is 0. The van der Waals surface area contributed by atoms with E-state index in [4.69, 9.17) is 11.6 Å². The molecule has 0 aromatic heterocycles. The highest BCUT2D eigenvalue weighted by atomic mass is 35.5. The van der Waals surface area contributed by atoms with Gasteiger partial charge in [0.05, 0.1) is 17.6 Å². The molecule has 3 heterocycles. The Bertz CT molecular complexity index is 1450. The van der Waals surface area contributed by atoms with Crippen LogP contribution >= 0.6 is 23.4 Å². The van der Waals surface area contributed by atoms with Gasteiger partial charge in [0.25, 0.3) is 5.91 Å². The highest BCUT2D eigenvalue weighted by molar-refractivity contribution is 8.00. The number of urea groups is 1. The lowest BCUT2D eigenvalue weighted by molar-refractivity contribution is 0.0943. The number of likely N-dealkylation sites (tertiary alicyclic amines) is 1. The molecule has 3 aromatic carbocycles. The van der Waals surface area contributed by atoms with Crippen LogP contribution in [0.4, 0.5) is 14.9 Å². The Kier molecular flexibility index (Phi) is 9.55. The fourth-order valence-electron chi connectivity index (χ4n) is 6.39. The average Bonchev–Trinajstić information content (AvgIpc) is 3.14. The van der Waals surface area contributed by atoms with E-state index in [0.717, 1.165) is 50.2 Å². The molecule has 0 aliphatic carbocycles. The first-order valence-corrected chi connectivity index (χ1v) is 16.6. The molecular weight excluding hydrogens is 583 g/mol. The van der Waals surface area contributed by atoms with Gasteiger partial charge < -0.3 is 15.1 Å². The molecular formula is C34H38ClFN4O2S. The van der Waals surface area contributed by atoms with Crippen molar-refractivity contribution in [1.29, 1.82) is 0 Å². The van der Waals surface area contributed by atoms with Crippen molar-refractivity contribution in [3.8, 4) is 0 Å². The second-order valence-corrected chi connectivity index (χ2v) is 13.4. The molecule has 226 valence electrons. The number of carbonyl (C=O) groups excluding carboxylic acids is 2. The SMILES string of the molecule is O=C(NCCN1CCC(Cc2ccccc2)CC1)c1ccc2c(c1)N(Cc1cc(F)ccc1Cl)C(=O)N1CCCCC1S2. The molecule has 2 fully saturated rings. The first-order valence-electron chi connectivity index (χ1n) is 15.3. The first kappa shape index (κ1) is 30.0. The number of carbonyl (C=O) groups is 2. The minimum Gasteiger partial charge on any atom is -0.351 e. The lowest BCUT2D eigenvalue weighted by atomic mass is 9.90. The van der Waals surface area contributed by atoms with Crippen molar-refractivity contribution in [2.45, 2.75) is 55.3 Å². The van der Waals surface area contributed by atoms with E-state index in [0.29, 0.717) is 40.8 Å². The van der Waals surface area contributed by atoms with E-state index in [1.165, 1.54) is 36.6 Å². The van der Waals surface area contributed by atoms with Gasteiger partial charge in [-0.15, -0.1) is 0 Å². The number of rotatable bonds is 8. The molecule has 1 atom stereocenters. The van der Waals surface area contributed by atoms with Crippen molar-refractivity contribution in [2.24, 2.45) is 5.92 Å². The number of hydrogen-bond donors (Lipinski definition) is 1. The standard InChI is InChI=1S/C34H38ClFN4O2S/c35-29-11-10-28(36)21-27(29)23-40-30-22-26(9-12-31(30)43-32-8-4-5-16-39(32)34(40)42)33(41)37-15-19-38-17-13-25(14-18-38)20-24-6-2-1-3-7-24/h1-3,6-7,9-12,21-22,25,32H,4-5,8,13-20,23H2,(H,37,41). The molecule has 6 nitrogen and oxygen atoms in total. The number of anilines is 1. The first-order chi connectivity index (χ1) is 20.9. The molecule has 1 unspecified atom stereocenters. The zero-order valence-electron chi connectivity index (χ0n) is 24.3. The summed E-state index contributed by atoms with van der Waals surface area (Å²) in [6.07, 6.45) is 6.40. The molecule has 3 aliphatic heterocycles. The van der Waals surface area contributed by atoms with E-state index < -0.39 is 5.82 Å². The topological polar surface area (TPSA) is 55.9 Å². The Morgan fingerprint density at radius 3 is 2.60 bits per heavy atom. The lowest BCUT2D eigenvalue weighted by Gasteiger charge is -2.35. The maximum atomic E-state index is 14.1. The molecule has 3 aromatic rings. The number of hydrogen-bond acceptors (Lipinski definition) is 4. The molecule has 3 aliphatic rings. The van der Waals surface area contributed by atoms with E-state index in [2.05, 4.69) is 40.5 Å². The fourth-order valence-corrected chi connectivity index (χ4v) is 7.91. The zero-order valence-corrected chi connectivity index (χ0v) is 25.9. The van der Waals surface area contributed by atoms with Crippen LogP contribution in [0.2, 0.25) is 5.02 Å². The molecule has 0 saturated carbocycles. The number of thioether (sulfide) groups is 1. The number of piperidine rings is 2. The van der Waals surface area contributed by atoms with E-state index in [1.54, 1.807) is 22.7 Å². The van der Waals surface area contributed by atoms with E-state index in [9.17, 15) is 14.0 Å². The smallest absolute Gasteiger partial charge is 0.325 e. The van der Waals surface area contributed by atoms with Crippen LogP contribution in [-0.2, 0) is 13.0 Å². The number of amides is 3. The molecule has 9 heteroatoms. The largest absolute Gasteiger partial charge is 0.351 e. The molecule has 0 bridgehead atoms. The minimum absolute atomic E-state index is 0.0319. The van der Waals surface area contributed by atoms with Gasteiger partial charge in [0, 0.05) is 35.1 Å². The molecule has 2 saturated heterocycles. The summed E-state index contributed by atoms with van der Waals surface area (Å²) in [5, 5.41) is 3.53. The molecule has 6 rings (SSSR count). The van der Waals surface area contributed by atoms with E-state index in [1.807, 2.05) is 17.0 Å². The third-order valence-electron chi connectivity index (χ3n) is 8.82. The van der Waals surface area contributed by atoms with Crippen LogP contribution in [0, 0.1) is 11.7 Å². The molecule has 3 amide bonds. The summed E-state index contributed by atoms with van der Waals surface area (Å²) in [6.45, 7) is 4.25. The van der Waals surface area contributed by atoms with Crippen LogP contribution in [0.5, 0.6) is 0 Å². The van der Waals surface area contributed by atoms with Crippen LogP contribution in [0.15, 0.2) is 71.6 Å². The Labute approximate surface area is 262 Å². The Balaban J connectivity index is 1.11. The second-order valence-electron chi connectivity index (χ2n) is 11.8. The van der Waals surface area contributed by atoms with Crippen LogP contribution < -0.4 is 10.2 Å². The fraction of sp³-hybridized carbons (Fsp3) is 0.412. The van der Waals surface area contributed by atoms with Gasteiger partial charge in [-0.3, -0.25) is 9.69 Å². The monoisotopic (exact) mass is 620 g/mol. The third kappa shape index (κ3) is 7.19. The highest BCUT2D eigenvalue weighted by Crippen LogP contribution is 2.43. The maximum absolute atomic E-state index is 14.1. The number of fused-ring (bicyclic) bond motifs is 2. The van der Waals surface area contributed by atoms with E-state index in [-0.39, 0.29) is 23.9 Å². The van der Waals surface area contributed by atoms with Crippen molar-refractivity contribution < 1.29 is 14.0 Å². The molecule has 0 radical (unpaired) electrons. The summed E-state index contributed by atoms with van der Waals surface area (Å²) in [5.74, 6) is 0.143. The summed E-state index contributed by atoms with van der Waals surface area (Å²) in [6, 6.07) is 20.4. The minimum atomic E-state index is -0.402. The van der Waals surface area contributed by atoms with E-state index >= 15 is 0 Å². The summed E-state index contributed by atoms with van der Waals surface area (Å²) >= 11 is 8.09. The highest BCUT2D eigenvalue weighted by Gasteiger charge is 2.36. The molecule has 1 N–H and O–H groups in total. The second kappa shape index (κ2) is 13.7. The van der Waals surface area contributed by atoms with Gasteiger partial charge in [-0.25, -0.2) is 9.18 Å². The lowest BCUT2D eigenvalue weighted by Crippen LogP contribution is -2.47. The van der Waals surface area contributed by atoms with Gasteiger partial charge in [-0.05, 0) is 105 Å². The van der Waals surface area contributed by atoms with Gasteiger partial charge >= 0.3 is 6.03 Å². The number of nitrogens with zero attached hydrogens (tertiary/aromatic N) is 3. The van der Waals surface area contributed by atoms with Crippen LogP contribution in [0.3, 0.4) is 0 Å². The van der Waals surface area contributed by atoms with Crippen molar-refractivity contribution >= 4 is 41.0 Å². The summed E-state index contributed by atoms with van der Waals surface area (Å²) < 4.78 is 14.1. The molecule has 43 heavy (non-hydrogen) atoms. The van der Waals surface area contributed by atoms with Gasteiger partial charge in [0.1, 0.15) is 5.82 Å². The van der Waals surface area contributed by atoms with Gasteiger partial charge in [0.15, 0.2) is 0 Å².